The van der Waals surface area contributed by atoms with E-state index < -0.39 is 13.7 Å². The van der Waals surface area contributed by atoms with Gasteiger partial charge in [0.2, 0.25) is 22.8 Å². The van der Waals surface area contributed by atoms with Gasteiger partial charge in [0.05, 0.1) is 0 Å². The molecule has 0 unspecified atom stereocenters. The van der Waals surface area contributed by atoms with Crippen molar-refractivity contribution >= 4 is 0 Å². The van der Waals surface area contributed by atoms with E-state index in [0.717, 1.165) is 39.2 Å². The molecular formula is C86H100N4+4. The van der Waals surface area contributed by atoms with Crippen molar-refractivity contribution in [3.05, 3.63) is 311 Å². The van der Waals surface area contributed by atoms with E-state index in [1.54, 1.807) is 18.5 Å². The van der Waals surface area contributed by atoms with Gasteiger partial charge in [-0.2, -0.15) is 0 Å². The molecule has 0 aliphatic rings. The van der Waals surface area contributed by atoms with Gasteiger partial charge in [-0.05, 0) is 178 Å². The van der Waals surface area contributed by atoms with E-state index in [0.29, 0.717) is 11.1 Å². The van der Waals surface area contributed by atoms with Gasteiger partial charge in [0.15, 0.2) is 24.8 Å². The van der Waals surface area contributed by atoms with Crippen molar-refractivity contribution in [2.75, 3.05) is 0 Å². The van der Waals surface area contributed by atoms with E-state index in [-0.39, 0.29) is 29.7 Å². The summed E-state index contributed by atoms with van der Waals surface area (Å²) in [5, 5.41) is 0. The predicted octanol–water partition coefficient (Wildman–Crippen LogP) is 21.0. The van der Waals surface area contributed by atoms with E-state index in [1.165, 1.54) is 94.8 Å². The Kier molecular flexibility index (Phi) is 22.4. The Balaban J connectivity index is 0.000000229. The Hall–Kier alpha value is -9.64. The maximum absolute atomic E-state index is 7.67. The third-order valence-corrected chi connectivity index (χ3v) is 15.9. The van der Waals surface area contributed by atoms with Crippen LogP contribution in [-0.2, 0) is 28.2 Å². The first kappa shape index (κ1) is 62.0. The summed E-state index contributed by atoms with van der Waals surface area (Å²) in [7, 11) is 8.01. The monoisotopic (exact) mass is 1190 g/mol. The third kappa shape index (κ3) is 17.4. The second-order valence-corrected chi connectivity index (χ2v) is 22.7. The molecule has 12 aromatic rings. The standard InChI is InChI=1S/2C21H22N.2C20H20N.4CH4/c1-15-13-21(22(4)14-17(15)3)20-11-10-19(12-16(20)2)18-8-6-5-7-9-18;1-15-10-11-19(16(2)12-15)21-13-20(17(3)14-22(21)4)18-8-6-5-7-9-18;2*1-15-9-12-20(21(3)14-15)19-11-10-18(13-16(19)2)17-7-5-4-6-8-17;;;;/h2*5-14H,1-4H3;2*4-14H,1-3H3;4*1H4/q4*+1;;;;/i3D3;;1D3;;;;;. The molecule has 0 aliphatic carbocycles. The summed E-state index contributed by atoms with van der Waals surface area (Å²) in [6.07, 6.45) is 7.80. The van der Waals surface area contributed by atoms with E-state index in [9.17, 15) is 0 Å². The van der Waals surface area contributed by atoms with Crippen LogP contribution < -0.4 is 18.3 Å². The zero-order chi connectivity index (χ0) is 66.0. The summed E-state index contributed by atoms with van der Waals surface area (Å²) in [4.78, 5) is 0. The number of pyridine rings is 4. The number of benzene rings is 8. The molecule has 0 radical (unpaired) electrons. The molecule has 0 saturated carbocycles. The summed E-state index contributed by atoms with van der Waals surface area (Å²) in [6, 6.07) is 80.0. The van der Waals surface area contributed by atoms with Gasteiger partial charge in [0.1, 0.15) is 28.2 Å². The molecule has 4 aromatic heterocycles. The summed E-state index contributed by atoms with van der Waals surface area (Å²) >= 11 is 0. The van der Waals surface area contributed by atoms with Crippen molar-refractivity contribution in [1.29, 1.82) is 0 Å². The summed E-state index contributed by atoms with van der Waals surface area (Å²) in [5.74, 6) is 0. The average molecular weight is 1200 g/mol. The van der Waals surface area contributed by atoms with Crippen LogP contribution in [0.2, 0.25) is 0 Å². The predicted molar refractivity (Wildman–Crippen MR) is 388 cm³/mol. The molecule has 4 heteroatoms. The third-order valence-electron chi connectivity index (χ3n) is 15.9. The van der Waals surface area contributed by atoms with Crippen molar-refractivity contribution in [3.8, 4) is 89.5 Å². The Morgan fingerprint density at radius 2 is 0.556 bits per heavy atom. The molecule has 0 N–H and O–H groups in total. The first-order valence-electron chi connectivity index (χ1n) is 32.4. The maximum Gasteiger partial charge on any atom is 0.213 e. The maximum atomic E-state index is 7.67. The molecule has 0 bridgehead atoms. The molecule has 0 atom stereocenters. The lowest BCUT2D eigenvalue weighted by atomic mass is 9.97. The van der Waals surface area contributed by atoms with Crippen LogP contribution >= 0.6 is 0 Å². The van der Waals surface area contributed by atoms with Crippen LogP contribution in [0.4, 0.5) is 0 Å². The first-order valence-corrected chi connectivity index (χ1v) is 29.4. The molecule has 0 amide bonds. The van der Waals surface area contributed by atoms with Crippen molar-refractivity contribution in [2.45, 2.75) is 98.8 Å². The molecule has 12 rings (SSSR count). The highest BCUT2D eigenvalue weighted by Gasteiger charge is 2.19. The lowest BCUT2D eigenvalue weighted by Gasteiger charge is -2.10. The number of hydrogen-bond donors (Lipinski definition) is 0. The van der Waals surface area contributed by atoms with Crippen LogP contribution in [0.15, 0.2) is 255 Å². The normalized spacial score (nSPS) is 11.5. The molecule has 4 heterocycles. The first-order chi connectivity index (χ1) is 43.8. The molecule has 4 nitrogen and oxygen atoms in total. The molecule has 0 fully saturated rings. The highest BCUT2D eigenvalue weighted by molar-refractivity contribution is 5.75. The number of nitrogens with zero attached hydrogens (tertiary/aromatic N) is 4. The average Bonchev–Trinajstić information content (AvgIpc) is 0.822. The smallest absolute Gasteiger partial charge is 0.201 e. The highest BCUT2D eigenvalue weighted by Crippen LogP contribution is 2.32. The van der Waals surface area contributed by atoms with Gasteiger partial charge in [-0.15, -0.1) is 0 Å². The fourth-order valence-electron chi connectivity index (χ4n) is 11.3. The van der Waals surface area contributed by atoms with Gasteiger partial charge in [-0.25, -0.2) is 18.3 Å². The van der Waals surface area contributed by atoms with Crippen molar-refractivity contribution in [3.63, 3.8) is 0 Å². The van der Waals surface area contributed by atoms with Crippen molar-refractivity contribution < 1.29 is 26.5 Å². The van der Waals surface area contributed by atoms with Crippen molar-refractivity contribution in [2.24, 2.45) is 28.2 Å². The second kappa shape index (κ2) is 32.5. The van der Waals surface area contributed by atoms with Gasteiger partial charge >= 0.3 is 0 Å². The van der Waals surface area contributed by atoms with Gasteiger partial charge in [0.25, 0.3) is 0 Å². The van der Waals surface area contributed by atoms with Crippen LogP contribution in [0.25, 0.3) is 89.5 Å². The van der Waals surface area contributed by atoms with E-state index >= 15 is 0 Å². The lowest BCUT2D eigenvalue weighted by molar-refractivity contribution is -0.660. The van der Waals surface area contributed by atoms with Crippen LogP contribution in [0, 0.1) is 69.1 Å². The molecule has 0 aliphatic heterocycles. The molecule has 0 spiro atoms. The van der Waals surface area contributed by atoms with Gasteiger partial charge in [-0.1, -0.05) is 205 Å². The van der Waals surface area contributed by atoms with Gasteiger partial charge in [-0.3, -0.25) is 0 Å². The Morgan fingerprint density at radius 1 is 0.222 bits per heavy atom. The molecular weight excluding hydrogens is 1090 g/mol. The summed E-state index contributed by atoms with van der Waals surface area (Å²) in [5.41, 5.74) is 29.5. The Morgan fingerprint density at radius 3 is 0.944 bits per heavy atom. The quantitative estimate of drug-likeness (QED) is 0.135. The Bertz CT molecular complexity index is 4540. The zero-order valence-electron chi connectivity index (χ0n) is 58.0. The van der Waals surface area contributed by atoms with Gasteiger partial charge < -0.3 is 0 Å². The summed E-state index contributed by atoms with van der Waals surface area (Å²) in [6.45, 7) is 12.7. The fourth-order valence-corrected chi connectivity index (χ4v) is 11.3. The lowest BCUT2D eigenvalue weighted by Crippen LogP contribution is -2.31. The summed E-state index contributed by atoms with van der Waals surface area (Å²) < 4.78 is 53.8. The number of aromatic nitrogens is 4. The Labute approximate surface area is 551 Å². The largest absolute Gasteiger partial charge is 0.213 e. The molecule has 460 valence electrons. The van der Waals surface area contributed by atoms with Crippen LogP contribution in [0.1, 0.15) is 93.6 Å². The molecule has 8 aromatic carbocycles. The van der Waals surface area contributed by atoms with Crippen LogP contribution in [0.3, 0.4) is 0 Å². The van der Waals surface area contributed by atoms with Gasteiger partial charge in [0, 0.05) is 77.0 Å². The zero-order valence-corrected chi connectivity index (χ0v) is 52.0. The minimum Gasteiger partial charge on any atom is -0.201 e. The molecule has 0 saturated heterocycles. The van der Waals surface area contributed by atoms with Crippen molar-refractivity contribution in [1.82, 2.24) is 0 Å². The SMILES string of the molecule is C.C.C.C.Cc1ccc(-c2cc(-c3ccccc3)c(C)c[n+]2C)c(C)c1.Cc1ccc(-c2ccc(-c3ccccc3)cc2C)[n+](C)c1.[2H]C([2H])([2H])c1c[n+](C)c(-c2ccc(-c3ccccc3)cc2C)cc1C.[2H]C([2H])([2H])c1ccc(-c2ccc(-c3ccccc3)cc2C)[n+](C)c1. The minimum atomic E-state index is -2.09. The number of rotatable bonds is 8. The van der Waals surface area contributed by atoms with E-state index in [4.69, 9.17) is 8.22 Å². The topological polar surface area (TPSA) is 15.5 Å². The fraction of sp³-hybridized carbons (Fsp3) is 0.209. The second-order valence-electron chi connectivity index (χ2n) is 22.7. The molecule has 90 heavy (non-hydrogen) atoms. The van der Waals surface area contributed by atoms with Crippen LogP contribution in [-0.4, -0.2) is 0 Å². The number of hydrogen-bond acceptors (Lipinski definition) is 0. The van der Waals surface area contributed by atoms with E-state index in [2.05, 4.69) is 260 Å². The number of aryl methyl sites for hydroxylation is 14. The van der Waals surface area contributed by atoms with E-state index in [1.807, 2.05) is 78.7 Å². The highest BCUT2D eigenvalue weighted by atomic mass is 14.9. The van der Waals surface area contributed by atoms with Crippen LogP contribution in [0.5, 0.6) is 0 Å². The minimum absolute atomic E-state index is 0.